The summed E-state index contributed by atoms with van der Waals surface area (Å²) in [5, 5.41) is 2.29. The first-order chi connectivity index (χ1) is 10.9. The second-order valence-electron chi connectivity index (χ2n) is 6.76. The van der Waals surface area contributed by atoms with Gasteiger partial charge in [0.15, 0.2) is 9.84 Å². The van der Waals surface area contributed by atoms with E-state index in [-0.39, 0.29) is 23.5 Å². The Hall–Kier alpha value is -1.40. The van der Waals surface area contributed by atoms with Crippen molar-refractivity contribution in [2.75, 3.05) is 25.9 Å². The number of aryl methyl sites for hydroxylation is 1. The van der Waals surface area contributed by atoms with Gasteiger partial charge in [0.05, 0.1) is 11.0 Å². The predicted molar refractivity (Wildman–Crippen MR) is 89.7 cm³/mol. The van der Waals surface area contributed by atoms with Crippen molar-refractivity contribution in [2.45, 2.75) is 25.1 Å². The number of benzene rings is 1. The van der Waals surface area contributed by atoms with Gasteiger partial charge in [0, 0.05) is 38.5 Å². The Bertz CT molecular complexity index is 684. The van der Waals surface area contributed by atoms with Crippen molar-refractivity contribution < 1.29 is 13.2 Å². The van der Waals surface area contributed by atoms with Gasteiger partial charge in [-0.15, -0.1) is 0 Å². The monoisotopic (exact) mass is 336 g/mol. The molecule has 126 valence electrons. The number of nitrogens with one attached hydrogen (secondary N) is 1. The zero-order valence-electron chi connectivity index (χ0n) is 13.7. The SMILES string of the molecule is CNC(=O)[C@H]1CCS(=O)(=O)[C@@H]2CN(Cc3ccc(C)cc3)C[C@H]12. The Morgan fingerprint density at radius 3 is 2.61 bits per heavy atom. The van der Waals surface area contributed by atoms with Gasteiger partial charge in [-0.3, -0.25) is 9.69 Å². The third-order valence-corrected chi connectivity index (χ3v) is 7.41. The molecule has 6 heteroatoms. The number of sulfone groups is 1. The number of hydrogen-bond acceptors (Lipinski definition) is 4. The second kappa shape index (κ2) is 6.24. The Morgan fingerprint density at radius 1 is 1.26 bits per heavy atom. The molecule has 1 N–H and O–H groups in total. The first-order valence-corrected chi connectivity index (χ1v) is 9.83. The van der Waals surface area contributed by atoms with E-state index in [9.17, 15) is 13.2 Å². The van der Waals surface area contributed by atoms with Crippen LogP contribution in [0.2, 0.25) is 0 Å². The fraction of sp³-hybridized carbons (Fsp3) is 0.588. The van der Waals surface area contributed by atoms with Crippen molar-refractivity contribution in [3.63, 3.8) is 0 Å². The number of fused-ring (bicyclic) bond motifs is 1. The lowest BCUT2D eigenvalue weighted by Crippen LogP contribution is -2.46. The average molecular weight is 336 g/mol. The number of carbonyl (C=O) groups is 1. The first-order valence-electron chi connectivity index (χ1n) is 8.12. The fourth-order valence-electron chi connectivity index (χ4n) is 3.89. The molecule has 23 heavy (non-hydrogen) atoms. The Kier molecular flexibility index (Phi) is 4.47. The molecule has 0 aliphatic carbocycles. The lowest BCUT2D eigenvalue weighted by atomic mass is 9.87. The molecule has 2 fully saturated rings. The minimum Gasteiger partial charge on any atom is -0.359 e. The summed E-state index contributed by atoms with van der Waals surface area (Å²) in [5.74, 6) is -0.160. The van der Waals surface area contributed by atoms with Crippen LogP contribution in [0, 0.1) is 18.8 Å². The number of likely N-dealkylation sites (tertiary alicyclic amines) is 1. The molecule has 2 aliphatic heterocycles. The molecular formula is C17H24N2O3S. The average Bonchev–Trinajstić information content (AvgIpc) is 2.94. The number of rotatable bonds is 3. The summed E-state index contributed by atoms with van der Waals surface area (Å²) in [7, 11) is -1.46. The third-order valence-electron chi connectivity index (χ3n) is 5.19. The van der Waals surface area contributed by atoms with Crippen LogP contribution in [0.25, 0.3) is 0 Å². The Labute approximate surface area is 138 Å². The van der Waals surface area contributed by atoms with Crippen molar-refractivity contribution in [3.05, 3.63) is 35.4 Å². The van der Waals surface area contributed by atoms with Crippen molar-refractivity contribution in [3.8, 4) is 0 Å². The van der Waals surface area contributed by atoms with E-state index in [0.717, 1.165) is 6.54 Å². The maximum Gasteiger partial charge on any atom is 0.223 e. The van der Waals surface area contributed by atoms with Crippen molar-refractivity contribution in [2.24, 2.45) is 11.8 Å². The molecule has 3 rings (SSSR count). The predicted octanol–water partition coefficient (Wildman–Crippen LogP) is 0.976. The molecule has 0 spiro atoms. The molecule has 0 aromatic heterocycles. The van der Waals surface area contributed by atoms with Gasteiger partial charge in [-0.05, 0) is 18.9 Å². The van der Waals surface area contributed by atoms with E-state index in [2.05, 4.69) is 41.4 Å². The third kappa shape index (κ3) is 3.28. The fourth-order valence-corrected chi connectivity index (χ4v) is 6.03. The quantitative estimate of drug-likeness (QED) is 0.893. The molecule has 0 bridgehead atoms. The molecule has 0 saturated carbocycles. The van der Waals surface area contributed by atoms with Gasteiger partial charge >= 0.3 is 0 Å². The molecule has 2 aliphatic rings. The standard InChI is InChI=1S/C17H24N2O3S/c1-12-3-5-13(6-4-12)9-19-10-15-14(17(20)18-2)7-8-23(21,22)16(15)11-19/h3-6,14-16H,7-11H2,1-2H3,(H,18,20)/t14-,15+,16+/m0/s1. The molecule has 3 atom stereocenters. The normalized spacial score (nSPS) is 29.9. The summed E-state index contributed by atoms with van der Waals surface area (Å²) >= 11 is 0. The summed E-state index contributed by atoms with van der Waals surface area (Å²) in [4.78, 5) is 14.3. The summed E-state index contributed by atoms with van der Waals surface area (Å²) in [5.41, 5.74) is 2.40. The minimum absolute atomic E-state index is 0.0212. The van der Waals surface area contributed by atoms with Gasteiger partial charge < -0.3 is 5.32 Å². The van der Waals surface area contributed by atoms with Crippen LogP contribution in [-0.4, -0.2) is 50.4 Å². The molecule has 1 aromatic rings. The van der Waals surface area contributed by atoms with Crippen LogP contribution in [0.15, 0.2) is 24.3 Å². The second-order valence-corrected chi connectivity index (χ2v) is 9.10. The summed E-state index contributed by atoms with van der Waals surface area (Å²) < 4.78 is 24.8. The van der Waals surface area contributed by atoms with Gasteiger partial charge in [0.2, 0.25) is 5.91 Å². The number of nitrogens with zero attached hydrogens (tertiary/aromatic N) is 1. The number of amides is 1. The summed E-state index contributed by atoms with van der Waals surface area (Å²) in [6, 6.07) is 8.31. The largest absolute Gasteiger partial charge is 0.359 e. The van der Waals surface area contributed by atoms with E-state index in [1.54, 1.807) is 7.05 Å². The number of carbonyl (C=O) groups excluding carboxylic acids is 1. The summed E-state index contributed by atoms with van der Waals surface area (Å²) in [6.07, 6.45) is 0.446. The smallest absolute Gasteiger partial charge is 0.223 e. The molecule has 0 unspecified atom stereocenters. The van der Waals surface area contributed by atoms with Gasteiger partial charge in [0.1, 0.15) is 0 Å². The van der Waals surface area contributed by atoms with Crippen LogP contribution in [0.1, 0.15) is 17.5 Å². The van der Waals surface area contributed by atoms with Crippen LogP contribution in [0.5, 0.6) is 0 Å². The highest BCUT2D eigenvalue weighted by Gasteiger charge is 2.50. The van der Waals surface area contributed by atoms with Crippen molar-refractivity contribution in [1.82, 2.24) is 10.2 Å². The van der Waals surface area contributed by atoms with Gasteiger partial charge in [-0.1, -0.05) is 29.8 Å². The van der Waals surface area contributed by atoms with E-state index >= 15 is 0 Å². The van der Waals surface area contributed by atoms with Crippen LogP contribution in [0.4, 0.5) is 0 Å². The Balaban J connectivity index is 1.77. The van der Waals surface area contributed by atoms with Crippen molar-refractivity contribution >= 4 is 15.7 Å². The van der Waals surface area contributed by atoms with Gasteiger partial charge in [-0.25, -0.2) is 8.42 Å². The minimum atomic E-state index is -3.09. The van der Waals surface area contributed by atoms with Gasteiger partial charge in [-0.2, -0.15) is 0 Å². The van der Waals surface area contributed by atoms with Crippen LogP contribution in [-0.2, 0) is 21.2 Å². The highest BCUT2D eigenvalue weighted by molar-refractivity contribution is 7.92. The maximum atomic E-state index is 12.4. The molecule has 1 amide bonds. The molecule has 2 heterocycles. The molecular weight excluding hydrogens is 312 g/mol. The van der Waals surface area contributed by atoms with Crippen LogP contribution in [0.3, 0.4) is 0 Å². The molecule has 1 aromatic carbocycles. The van der Waals surface area contributed by atoms with E-state index in [4.69, 9.17) is 0 Å². The van der Waals surface area contributed by atoms with Crippen LogP contribution < -0.4 is 5.32 Å². The first kappa shape index (κ1) is 16.5. The highest BCUT2D eigenvalue weighted by atomic mass is 32.2. The zero-order chi connectivity index (χ0) is 16.6. The lowest BCUT2D eigenvalue weighted by Gasteiger charge is -2.31. The molecule has 5 nitrogen and oxygen atoms in total. The zero-order valence-corrected chi connectivity index (χ0v) is 14.5. The van der Waals surface area contributed by atoms with Crippen LogP contribution >= 0.6 is 0 Å². The molecule has 2 saturated heterocycles. The summed E-state index contributed by atoms with van der Waals surface area (Å²) in [6.45, 7) is 4.00. The highest BCUT2D eigenvalue weighted by Crippen LogP contribution is 2.37. The van der Waals surface area contributed by atoms with E-state index in [0.29, 0.717) is 19.5 Å². The van der Waals surface area contributed by atoms with E-state index < -0.39 is 15.1 Å². The van der Waals surface area contributed by atoms with E-state index in [1.807, 2.05) is 0 Å². The maximum absolute atomic E-state index is 12.4. The Morgan fingerprint density at radius 2 is 1.96 bits per heavy atom. The molecule has 0 radical (unpaired) electrons. The topological polar surface area (TPSA) is 66.5 Å². The number of hydrogen-bond donors (Lipinski definition) is 1. The van der Waals surface area contributed by atoms with Crippen molar-refractivity contribution in [1.29, 1.82) is 0 Å². The van der Waals surface area contributed by atoms with E-state index in [1.165, 1.54) is 11.1 Å². The van der Waals surface area contributed by atoms with Gasteiger partial charge in [0.25, 0.3) is 0 Å². The lowest BCUT2D eigenvalue weighted by molar-refractivity contribution is -0.126.